The summed E-state index contributed by atoms with van der Waals surface area (Å²) >= 11 is 0. The second-order valence-electron chi connectivity index (χ2n) is 10.4. The number of nitrogen functional groups attached to an aromatic ring is 1. The van der Waals surface area contributed by atoms with E-state index in [0.29, 0.717) is 25.6 Å². The Balaban J connectivity index is 1.36. The van der Waals surface area contributed by atoms with Gasteiger partial charge in [-0.05, 0) is 32.6 Å². The lowest BCUT2D eigenvalue weighted by atomic mass is 9.75. The fourth-order valence-electron chi connectivity index (χ4n) is 6.04. The van der Waals surface area contributed by atoms with Gasteiger partial charge in [-0.15, -0.1) is 0 Å². The van der Waals surface area contributed by atoms with Crippen molar-refractivity contribution in [3.63, 3.8) is 0 Å². The van der Waals surface area contributed by atoms with Crippen LogP contribution in [-0.4, -0.2) is 99.3 Å². The number of carbonyl (C=O) groups excluding carboxylic acids is 1. The summed E-state index contributed by atoms with van der Waals surface area (Å²) in [5.41, 5.74) is 7.16. The van der Waals surface area contributed by atoms with Crippen LogP contribution in [0.1, 0.15) is 31.7 Å². The van der Waals surface area contributed by atoms with Gasteiger partial charge >= 0.3 is 0 Å². The number of anilines is 3. The maximum atomic E-state index is 11.5. The molecule has 4 aliphatic rings. The zero-order chi connectivity index (χ0) is 24.2. The van der Waals surface area contributed by atoms with Gasteiger partial charge < -0.3 is 30.2 Å². The average molecular weight is 481 g/mol. The molecule has 3 fully saturated rings. The Hall–Kier alpha value is -2.89. The monoisotopic (exact) mass is 480 g/mol. The van der Waals surface area contributed by atoms with Crippen LogP contribution in [0.25, 0.3) is 11.3 Å². The number of aliphatic hydroxyl groups is 1. The van der Waals surface area contributed by atoms with Gasteiger partial charge in [0.2, 0.25) is 11.9 Å². The highest BCUT2D eigenvalue weighted by molar-refractivity contribution is 5.73. The van der Waals surface area contributed by atoms with Gasteiger partial charge in [0.1, 0.15) is 11.4 Å². The van der Waals surface area contributed by atoms with Crippen molar-refractivity contribution in [2.24, 2.45) is 0 Å². The molecule has 11 nitrogen and oxygen atoms in total. The number of nitrogens with two attached hydrogens (primary N) is 1. The van der Waals surface area contributed by atoms with Crippen molar-refractivity contribution >= 4 is 24.0 Å². The molecule has 0 spiro atoms. The first-order chi connectivity index (χ1) is 16.9. The SMILES string of the molecule is C[C@@]1(N2CCc3c(-c4cnc(N)nc4)nc(N4CCOCC4)nc32)CCN(C2CCC2(O)C=O)C1. The molecule has 0 radical (unpaired) electrons. The highest BCUT2D eigenvalue weighted by atomic mass is 16.5. The fraction of sp³-hybridized carbons (Fsp3) is 0.625. The minimum atomic E-state index is -1.21. The van der Waals surface area contributed by atoms with Crippen molar-refractivity contribution in [2.75, 3.05) is 61.5 Å². The Morgan fingerprint density at radius 3 is 2.60 bits per heavy atom. The molecule has 35 heavy (non-hydrogen) atoms. The molecule has 2 unspecified atom stereocenters. The van der Waals surface area contributed by atoms with Gasteiger partial charge in [0, 0.05) is 62.3 Å². The Bertz CT molecular complexity index is 1120. The third-order valence-electron chi connectivity index (χ3n) is 8.23. The Morgan fingerprint density at radius 2 is 1.91 bits per heavy atom. The van der Waals surface area contributed by atoms with Crippen LogP contribution in [0.2, 0.25) is 0 Å². The summed E-state index contributed by atoms with van der Waals surface area (Å²) in [7, 11) is 0. The smallest absolute Gasteiger partial charge is 0.228 e. The van der Waals surface area contributed by atoms with Gasteiger partial charge in [-0.2, -0.15) is 4.98 Å². The summed E-state index contributed by atoms with van der Waals surface area (Å²) in [5, 5.41) is 10.6. The second kappa shape index (κ2) is 8.35. The third kappa shape index (κ3) is 3.73. The number of rotatable bonds is 5. The highest BCUT2D eigenvalue weighted by Crippen LogP contribution is 2.44. The minimum Gasteiger partial charge on any atom is -0.381 e. The summed E-state index contributed by atoms with van der Waals surface area (Å²) < 4.78 is 5.54. The number of hydrogen-bond acceptors (Lipinski definition) is 11. The van der Waals surface area contributed by atoms with Gasteiger partial charge in [-0.3, -0.25) is 4.90 Å². The number of ether oxygens (including phenoxy) is 1. The molecule has 2 aromatic rings. The molecule has 0 amide bonds. The van der Waals surface area contributed by atoms with E-state index in [1.165, 1.54) is 0 Å². The standard InChI is InChI=1S/C24H32N8O3/c1-23(5-7-31(14-23)18-2-4-24(18,34)15-33)32-6-3-17-19(16-12-26-21(25)27-13-16)28-22(29-20(17)32)30-8-10-35-11-9-30/h12-13,15,18,34H,2-11,14H2,1H3,(H2,25,26,27)/t18?,23-,24?/m1/s1. The van der Waals surface area contributed by atoms with Gasteiger partial charge in [0.15, 0.2) is 6.29 Å². The summed E-state index contributed by atoms with van der Waals surface area (Å²) in [5.74, 6) is 1.88. The fourth-order valence-corrected chi connectivity index (χ4v) is 6.04. The molecule has 11 heteroatoms. The lowest BCUT2D eigenvalue weighted by Crippen LogP contribution is -2.62. The first-order valence-electron chi connectivity index (χ1n) is 12.4. The Morgan fingerprint density at radius 1 is 1.14 bits per heavy atom. The first-order valence-corrected chi connectivity index (χ1v) is 12.4. The molecule has 3 N–H and O–H groups in total. The number of likely N-dealkylation sites (tertiary alicyclic amines) is 1. The number of morpholine rings is 1. The van der Waals surface area contributed by atoms with Crippen molar-refractivity contribution in [3.8, 4) is 11.3 Å². The zero-order valence-electron chi connectivity index (χ0n) is 20.1. The summed E-state index contributed by atoms with van der Waals surface area (Å²) in [4.78, 5) is 36.8. The third-order valence-corrected chi connectivity index (χ3v) is 8.23. The number of aromatic nitrogens is 4. The van der Waals surface area contributed by atoms with Crippen molar-refractivity contribution in [1.82, 2.24) is 24.8 Å². The highest BCUT2D eigenvalue weighted by Gasteiger charge is 2.53. The van der Waals surface area contributed by atoms with Crippen molar-refractivity contribution < 1.29 is 14.6 Å². The van der Waals surface area contributed by atoms with E-state index in [1.54, 1.807) is 12.4 Å². The molecule has 0 bridgehead atoms. The average Bonchev–Trinajstić information content (AvgIpc) is 3.48. The van der Waals surface area contributed by atoms with E-state index >= 15 is 0 Å². The van der Waals surface area contributed by atoms with Crippen LogP contribution >= 0.6 is 0 Å². The van der Waals surface area contributed by atoms with Crippen molar-refractivity contribution in [2.45, 2.75) is 49.8 Å². The van der Waals surface area contributed by atoms with Crippen LogP contribution in [0.3, 0.4) is 0 Å². The quantitative estimate of drug-likeness (QED) is 0.571. The summed E-state index contributed by atoms with van der Waals surface area (Å²) in [6.07, 6.45) is 7.35. The first kappa shape index (κ1) is 22.6. The van der Waals surface area contributed by atoms with Crippen LogP contribution < -0.4 is 15.5 Å². The predicted octanol–water partition coefficient (Wildman–Crippen LogP) is 0.272. The Labute approximate surface area is 204 Å². The van der Waals surface area contributed by atoms with E-state index in [-0.39, 0.29) is 17.5 Å². The molecule has 6 rings (SSSR count). The number of nitrogens with zero attached hydrogens (tertiary/aromatic N) is 7. The minimum absolute atomic E-state index is 0.0966. The topological polar surface area (TPSA) is 134 Å². The van der Waals surface area contributed by atoms with E-state index in [0.717, 1.165) is 80.9 Å². The number of carbonyl (C=O) groups is 1. The zero-order valence-corrected chi connectivity index (χ0v) is 20.1. The van der Waals surface area contributed by atoms with Gasteiger partial charge in [0.25, 0.3) is 0 Å². The molecule has 5 heterocycles. The molecule has 1 saturated carbocycles. The predicted molar refractivity (Wildman–Crippen MR) is 130 cm³/mol. The van der Waals surface area contributed by atoms with Crippen LogP contribution in [0, 0.1) is 0 Å². The second-order valence-corrected chi connectivity index (χ2v) is 10.4. The van der Waals surface area contributed by atoms with E-state index in [2.05, 4.69) is 31.6 Å². The lowest BCUT2D eigenvalue weighted by molar-refractivity contribution is -0.147. The normalized spacial score (nSPS) is 30.9. The lowest BCUT2D eigenvalue weighted by Gasteiger charge is -2.47. The van der Waals surface area contributed by atoms with Gasteiger partial charge in [-0.25, -0.2) is 15.0 Å². The maximum Gasteiger partial charge on any atom is 0.228 e. The van der Waals surface area contributed by atoms with E-state index in [1.807, 2.05) is 0 Å². The molecule has 0 aromatic carbocycles. The molecule has 2 saturated heterocycles. The Kier molecular flexibility index (Phi) is 5.39. The number of fused-ring (bicyclic) bond motifs is 1. The largest absolute Gasteiger partial charge is 0.381 e. The van der Waals surface area contributed by atoms with Crippen molar-refractivity contribution in [3.05, 3.63) is 18.0 Å². The number of hydrogen-bond donors (Lipinski definition) is 2. The molecule has 2 aromatic heterocycles. The van der Waals surface area contributed by atoms with Crippen LogP contribution in [0.4, 0.5) is 17.7 Å². The van der Waals surface area contributed by atoms with Crippen LogP contribution in [0.15, 0.2) is 12.4 Å². The summed E-state index contributed by atoms with van der Waals surface area (Å²) in [6.45, 7) is 7.53. The van der Waals surface area contributed by atoms with Gasteiger partial charge in [0.05, 0.1) is 24.4 Å². The van der Waals surface area contributed by atoms with Crippen molar-refractivity contribution in [1.29, 1.82) is 0 Å². The summed E-state index contributed by atoms with van der Waals surface area (Å²) in [6, 6.07) is -0.0966. The van der Waals surface area contributed by atoms with E-state index in [9.17, 15) is 9.90 Å². The van der Waals surface area contributed by atoms with Gasteiger partial charge in [-0.1, -0.05) is 0 Å². The van der Waals surface area contributed by atoms with Crippen LogP contribution in [-0.2, 0) is 16.0 Å². The van der Waals surface area contributed by atoms with E-state index < -0.39 is 5.60 Å². The molecule has 3 aliphatic heterocycles. The van der Waals surface area contributed by atoms with E-state index in [4.69, 9.17) is 20.4 Å². The molecular formula is C24H32N8O3. The molecule has 3 atom stereocenters. The molecular weight excluding hydrogens is 448 g/mol. The van der Waals surface area contributed by atoms with Crippen LogP contribution in [0.5, 0.6) is 0 Å². The maximum absolute atomic E-state index is 11.5. The number of aldehydes is 1. The molecule has 186 valence electrons. The molecule has 1 aliphatic carbocycles.